The van der Waals surface area contributed by atoms with E-state index in [9.17, 15) is 22.4 Å². The normalized spacial score (nSPS) is 14.6. The lowest BCUT2D eigenvalue weighted by atomic mass is 9.89. The van der Waals surface area contributed by atoms with Gasteiger partial charge in [0.25, 0.3) is 11.8 Å². The first-order valence-corrected chi connectivity index (χ1v) is 13.8. The predicted octanol–water partition coefficient (Wildman–Crippen LogP) is 5.25. The van der Waals surface area contributed by atoms with Crippen LogP contribution in [0.1, 0.15) is 45.0 Å². The van der Waals surface area contributed by atoms with E-state index in [-0.39, 0.29) is 22.3 Å². The lowest BCUT2D eigenvalue weighted by Gasteiger charge is -2.32. The molecule has 1 fully saturated rings. The average molecular weight is 521 g/mol. The van der Waals surface area contributed by atoms with Crippen LogP contribution in [0.25, 0.3) is 11.0 Å². The van der Waals surface area contributed by atoms with Gasteiger partial charge in [-0.15, -0.1) is 0 Å². The molecule has 0 saturated carbocycles. The first-order valence-electron chi connectivity index (χ1n) is 11.9. The number of likely N-dealkylation sites (tertiary alicyclic amines) is 1. The number of carbonyl (C=O) groups excluding carboxylic acids is 2. The zero-order valence-corrected chi connectivity index (χ0v) is 20.9. The van der Waals surface area contributed by atoms with Gasteiger partial charge in [-0.2, -0.15) is 0 Å². The number of nitrogens with zero attached hydrogens (tertiary/aromatic N) is 1. The third-order valence-corrected chi connectivity index (χ3v) is 7.85. The molecule has 2 heterocycles. The molecule has 0 spiro atoms. The lowest BCUT2D eigenvalue weighted by Crippen LogP contribution is -2.38. The van der Waals surface area contributed by atoms with Crippen molar-refractivity contribution in [3.63, 3.8) is 0 Å². The van der Waals surface area contributed by atoms with E-state index in [1.807, 2.05) is 42.5 Å². The Morgan fingerprint density at radius 3 is 2.41 bits per heavy atom. The monoisotopic (exact) mass is 520 g/mol. The van der Waals surface area contributed by atoms with E-state index < -0.39 is 21.6 Å². The van der Waals surface area contributed by atoms with Crippen molar-refractivity contribution in [1.82, 2.24) is 4.90 Å². The quantitative estimate of drug-likeness (QED) is 0.363. The zero-order chi connectivity index (χ0) is 26.2. The molecule has 5 rings (SSSR count). The zero-order valence-electron chi connectivity index (χ0n) is 20.1. The van der Waals surface area contributed by atoms with Crippen LogP contribution in [0.15, 0.2) is 82.3 Å². The lowest BCUT2D eigenvalue weighted by molar-refractivity contribution is 0.0708. The molecule has 0 radical (unpaired) electrons. The molecule has 190 valence electrons. The Labute approximate surface area is 213 Å². The first-order chi connectivity index (χ1) is 17.7. The topological polar surface area (TPSA) is 96.7 Å². The summed E-state index contributed by atoms with van der Waals surface area (Å²) in [7, 11) is -3.55. The molecule has 1 aliphatic heterocycles. The van der Waals surface area contributed by atoms with Crippen LogP contribution < -0.4 is 5.32 Å². The minimum Gasteiger partial charge on any atom is -0.464 e. The molecule has 9 heteroatoms. The molecule has 37 heavy (non-hydrogen) atoms. The molecule has 0 atom stereocenters. The maximum atomic E-state index is 14.3. The number of furan rings is 1. The van der Waals surface area contributed by atoms with Crippen LogP contribution >= 0.6 is 0 Å². The number of anilines is 1. The molecule has 3 aromatic carbocycles. The standard InChI is InChI=1S/C28H25FN2O5S/c1-37(34,35)22-9-10-25(29)24(17-22)28(33)31-14-11-19(12-15-31)18-5-7-21(8-6-18)30-27(32)23-4-2-3-20-13-16-36-26(20)23/h2-10,13,16-17,19H,11-12,14-15H2,1H3,(H,30,32). The van der Waals surface area contributed by atoms with Crippen LogP contribution in [0.5, 0.6) is 0 Å². The van der Waals surface area contributed by atoms with Crippen LogP contribution in [-0.4, -0.2) is 44.5 Å². The molecule has 0 unspecified atom stereocenters. The van der Waals surface area contributed by atoms with Crippen molar-refractivity contribution < 1.29 is 26.8 Å². The number of piperidine rings is 1. The molecular formula is C28H25FN2O5S. The van der Waals surface area contributed by atoms with Crippen LogP contribution in [0, 0.1) is 5.82 Å². The fourth-order valence-corrected chi connectivity index (χ4v) is 5.34. The van der Waals surface area contributed by atoms with Gasteiger partial charge in [0.1, 0.15) is 11.4 Å². The number of fused-ring (bicyclic) bond motifs is 1. The molecule has 0 aliphatic carbocycles. The smallest absolute Gasteiger partial charge is 0.259 e. The molecule has 1 aliphatic rings. The summed E-state index contributed by atoms with van der Waals surface area (Å²) in [6.45, 7) is 0.857. The van der Waals surface area contributed by atoms with Crippen molar-refractivity contribution in [2.75, 3.05) is 24.7 Å². The van der Waals surface area contributed by atoms with Crippen molar-refractivity contribution in [3.05, 3.63) is 95.5 Å². The summed E-state index contributed by atoms with van der Waals surface area (Å²) in [5.41, 5.74) is 2.52. The average Bonchev–Trinajstić information content (AvgIpc) is 3.37. The molecular weight excluding hydrogens is 495 g/mol. The third kappa shape index (κ3) is 5.13. The van der Waals surface area contributed by atoms with E-state index in [0.29, 0.717) is 42.8 Å². The van der Waals surface area contributed by atoms with Gasteiger partial charge in [-0.1, -0.05) is 24.3 Å². The Bertz CT molecular complexity index is 1590. The Morgan fingerprint density at radius 2 is 1.70 bits per heavy atom. The SMILES string of the molecule is CS(=O)(=O)c1ccc(F)c(C(=O)N2CCC(c3ccc(NC(=O)c4cccc5ccoc45)cc3)CC2)c1. The second kappa shape index (κ2) is 9.82. The van der Waals surface area contributed by atoms with E-state index in [0.717, 1.165) is 35.4 Å². The number of nitrogens with one attached hydrogen (secondary N) is 1. The Hall–Kier alpha value is -3.98. The molecule has 0 bridgehead atoms. The molecule has 2 amide bonds. The van der Waals surface area contributed by atoms with Gasteiger partial charge < -0.3 is 14.6 Å². The molecule has 1 aromatic heterocycles. The van der Waals surface area contributed by atoms with E-state index in [2.05, 4.69) is 5.32 Å². The summed E-state index contributed by atoms with van der Waals surface area (Å²) in [5, 5.41) is 3.76. The van der Waals surface area contributed by atoms with Crippen molar-refractivity contribution in [2.45, 2.75) is 23.7 Å². The Morgan fingerprint density at radius 1 is 0.973 bits per heavy atom. The Balaban J connectivity index is 1.22. The van der Waals surface area contributed by atoms with Gasteiger partial charge in [0, 0.05) is 30.4 Å². The molecule has 1 N–H and O–H groups in total. The summed E-state index contributed by atoms with van der Waals surface area (Å²) in [4.78, 5) is 27.2. The fourth-order valence-electron chi connectivity index (χ4n) is 4.69. The van der Waals surface area contributed by atoms with Gasteiger partial charge in [0.05, 0.1) is 22.3 Å². The maximum Gasteiger partial charge on any atom is 0.259 e. The minimum absolute atomic E-state index is 0.0832. The number of sulfone groups is 1. The van der Waals surface area contributed by atoms with Gasteiger partial charge in [-0.05, 0) is 66.8 Å². The molecule has 1 saturated heterocycles. The molecule has 4 aromatic rings. The van der Waals surface area contributed by atoms with Gasteiger partial charge in [-0.25, -0.2) is 12.8 Å². The summed E-state index contributed by atoms with van der Waals surface area (Å²) in [5.74, 6) is -1.29. The third-order valence-electron chi connectivity index (χ3n) is 6.74. The number of para-hydroxylation sites is 1. The van der Waals surface area contributed by atoms with Crippen LogP contribution in [0.2, 0.25) is 0 Å². The summed E-state index contributed by atoms with van der Waals surface area (Å²) in [6.07, 6.45) is 3.95. The van der Waals surface area contributed by atoms with Crippen molar-refractivity contribution in [3.8, 4) is 0 Å². The van der Waals surface area contributed by atoms with Crippen molar-refractivity contribution >= 4 is 38.3 Å². The fraction of sp³-hybridized carbons (Fsp3) is 0.214. The largest absolute Gasteiger partial charge is 0.464 e. The highest BCUT2D eigenvalue weighted by atomic mass is 32.2. The first kappa shape index (κ1) is 24.7. The van der Waals surface area contributed by atoms with Crippen LogP contribution in [0.4, 0.5) is 10.1 Å². The second-order valence-electron chi connectivity index (χ2n) is 9.20. The van der Waals surface area contributed by atoms with Crippen molar-refractivity contribution in [1.29, 1.82) is 0 Å². The van der Waals surface area contributed by atoms with E-state index in [1.165, 1.54) is 0 Å². The minimum atomic E-state index is -3.55. The highest BCUT2D eigenvalue weighted by Crippen LogP contribution is 2.30. The summed E-state index contributed by atoms with van der Waals surface area (Å²) >= 11 is 0. The maximum absolute atomic E-state index is 14.3. The van der Waals surface area contributed by atoms with Crippen molar-refractivity contribution in [2.24, 2.45) is 0 Å². The van der Waals surface area contributed by atoms with E-state index >= 15 is 0 Å². The number of hydrogen-bond donors (Lipinski definition) is 1. The van der Waals surface area contributed by atoms with Gasteiger partial charge in [-0.3, -0.25) is 9.59 Å². The van der Waals surface area contributed by atoms with Gasteiger partial charge in [0.15, 0.2) is 9.84 Å². The number of rotatable bonds is 5. The number of amides is 2. The number of carbonyl (C=O) groups is 2. The number of halogens is 1. The van der Waals surface area contributed by atoms with E-state index in [1.54, 1.807) is 17.2 Å². The highest BCUT2D eigenvalue weighted by molar-refractivity contribution is 7.90. The van der Waals surface area contributed by atoms with Gasteiger partial charge >= 0.3 is 0 Å². The van der Waals surface area contributed by atoms with E-state index in [4.69, 9.17) is 4.42 Å². The van der Waals surface area contributed by atoms with Gasteiger partial charge in [0.2, 0.25) is 0 Å². The van der Waals surface area contributed by atoms with Crippen LogP contribution in [-0.2, 0) is 9.84 Å². The second-order valence-corrected chi connectivity index (χ2v) is 11.2. The number of benzene rings is 3. The summed E-state index contributed by atoms with van der Waals surface area (Å²) in [6, 6.07) is 18.1. The highest BCUT2D eigenvalue weighted by Gasteiger charge is 2.27. The Kier molecular flexibility index (Phi) is 6.55. The molecule has 7 nitrogen and oxygen atoms in total. The summed E-state index contributed by atoms with van der Waals surface area (Å²) < 4.78 is 43.4. The number of hydrogen-bond acceptors (Lipinski definition) is 5. The van der Waals surface area contributed by atoms with Crippen LogP contribution in [0.3, 0.4) is 0 Å². The predicted molar refractivity (Wildman–Crippen MR) is 138 cm³/mol.